The van der Waals surface area contributed by atoms with Crippen LogP contribution in [0, 0.1) is 0 Å². The summed E-state index contributed by atoms with van der Waals surface area (Å²) in [5.41, 5.74) is 15.7. The normalized spacial score (nSPS) is 7.64. The second kappa shape index (κ2) is 4.81. The van der Waals surface area contributed by atoms with E-state index in [1.165, 1.54) is 6.07 Å². The van der Waals surface area contributed by atoms with Gasteiger partial charge in [0.15, 0.2) is 0 Å². The van der Waals surface area contributed by atoms with Crippen molar-refractivity contribution in [2.45, 2.75) is 0 Å². The van der Waals surface area contributed by atoms with E-state index in [2.05, 4.69) is 9.97 Å². The highest BCUT2D eigenvalue weighted by molar-refractivity contribution is 5.85. The molecule has 11 heavy (non-hydrogen) atoms. The van der Waals surface area contributed by atoms with E-state index in [0.29, 0.717) is 11.6 Å². The van der Waals surface area contributed by atoms with Crippen molar-refractivity contribution < 1.29 is 0 Å². The molecule has 0 spiro atoms. The molecule has 0 fully saturated rings. The molecule has 5 nitrogen and oxygen atoms in total. The Balaban J connectivity index is 0. The van der Waals surface area contributed by atoms with Gasteiger partial charge in [0.25, 0.3) is 0 Å². The summed E-state index contributed by atoms with van der Waals surface area (Å²) in [6, 6.07) is 1.44. The van der Waals surface area contributed by atoms with Crippen LogP contribution in [0.5, 0.6) is 0 Å². The third-order valence-corrected chi connectivity index (χ3v) is 0.783. The molecule has 0 aliphatic rings. The number of nitrogen functional groups attached to an aromatic ring is 3. The Morgan fingerprint density at radius 3 is 1.55 bits per heavy atom. The zero-order valence-corrected chi connectivity index (χ0v) is 7.15. The minimum absolute atomic E-state index is 0. The zero-order chi connectivity index (χ0) is 6.85. The van der Waals surface area contributed by atoms with Crippen molar-refractivity contribution in [3.05, 3.63) is 6.07 Å². The van der Waals surface area contributed by atoms with Gasteiger partial charge in [-0.1, -0.05) is 0 Å². The van der Waals surface area contributed by atoms with Crippen molar-refractivity contribution >= 4 is 42.4 Å². The van der Waals surface area contributed by atoms with E-state index < -0.39 is 0 Å². The maximum Gasteiger partial charge on any atom is 0.223 e. The van der Waals surface area contributed by atoms with Crippen molar-refractivity contribution in [2.24, 2.45) is 0 Å². The molecule has 0 saturated heterocycles. The molecule has 0 bridgehead atoms. The first-order valence-electron chi connectivity index (χ1n) is 2.34. The van der Waals surface area contributed by atoms with E-state index in [0.717, 1.165) is 0 Å². The van der Waals surface area contributed by atoms with Crippen molar-refractivity contribution in [3.8, 4) is 0 Å². The van der Waals surface area contributed by atoms with Crippen LogP contribution in [0.1, 0.15) is 0 Å². The number of nitrogens with two attached hydrogens (primary N) is 3. The zero-order valence-electron chi connectivity index (χ0n) is 5.52. The van der Waals surface area contributed by atoms with Crippen molar-refractivity contribution in [2.75, 3.05) is 17.2 Å². The van der Waals surface area contributed by atoms with Crippen LogP contribution in [0.4, 0.5) is 17.6 Å². The summed E-state index contributed by atoms with van der Waals surface area (Å²) in [6.07, 6.45) is 0. The van der Waals surface area contributed by atoms with Gasteiger partial charge < -0.3 is 17.2 Å². The lowest BCUT2D eigenvalue weighted by atomic mass is 10.5. The van der Waals surface area contributed by atoms with Gasteiger partial charge in [0.1, 0.15) is 11.6 Å². The molecule has 0 aromatic carbocycles. The standard InChI is InChI=1S/C4H7N5.2ClH/c5-2-1-3(6)9-4(7)8-2;;/h1H,(H6,5,6,7,8,9);2*1H. The number of aromatic nitrogens is 2. The fourth-order valence-electron chi connectivity index (χ4n) is 0.506. The summed E-state index contributed by atoms with van der Waals surface area (Å²) in [4.78, 5) is 7.20. The molecule has 1 aromatic heterocycles. The number of nitrogens with zero attached hydrogens (tertiary/aromatic N) is 2. The summed E-state index contributed by atoms with van der Waals surface area (Å²) in [7, 11) is 0. The van der Waals surface area contributed by atoms with E-state index in [1.54, 1.807) is 0 Å². The molecular weight excluding hydrogens is 189 g/mol. The van der Waals surface area contributed by atoms with Crippen LogP contribution in [-0.2, 0) is 0 Å². The fourth-order valence-corrected chi connectivity index (χ4v) is 0.506. The molecule has 0 aliphatic heterocycles. The first kappa shape index (κ1) is 12.7. The van der Waals surface area contributed by atoms with Gasteiger partial charge in [-0.25, -0.2) is 0 Å². The molecule has 0 unspecified atom stereocenters. The minimum Gasteiger partial charge on any atom is -0.383 e. The Bertz CT molecular complexity index is 177. The Morgan fingerprint density at radius 2 is 1.27 bits per heavy atom. The predicted molar refractivity (Wildman–Crippen MR) is 49.8 cm³/mol. The first-order chi connectivity index (χ1) is 4.18. The molecule has 0 saturated carbocycles. The van der Waals surface area contributed by atoms with E-state index >= 15 is 0 Å². The summed E-state index contributed by atoms with van der Waals surface area (Å²) in [5.74, 6) is 0.688. The maximum absolute atomic E-state index is 5.25. The lowest BCUT2D eigenvalue weighted by molar-refractivity contribution is 1.20. The number of halogens is 2. The minimum atomic E-state index is 0. The Morgan fingerprint density at radius 1 is 0.909 bits per heavy atom. The average molecular weight is 198 g/mol. The van der Waals surface area contributed by atoms with Crippen LogP contribution in [0.25, 0.3) is 0 Å². The van der Waals surface area contributed by atoms with E-state index in [-0.39, 0.29) is 30.8 Å². The highest BCUT2D eigenvalue weighted by Crippen LogP contribution is 2.03. The second-order valence-corrected chi connectivity index (χ2v) is 1.58. The summed E-state index contributed by atoms with van der Waals surface area (Å²) < 4.78 is 0. The van der Waals surface area contributed by atoms with Gasteiger partial charge in [0, 0.05) is 6.07 Å². The van der Waals surface area contributed by atoms with Crippen LogP contribution >= 0.6 is 24.8 Å². The number of hydrogen-bond donors (Lipinski definition) is 3. The molecule has 6 N–H and O–H groups in total. The number of anilines is 3. The molecule has 7 heteroatoms. The third kappa shape index (κ3) is 3.69. The van der Waals surface area contributed by atoms with Gasteiger partial charge >= 0.3 is 0 Å². The third-order valence-electron chi connectivity index (χ3n) is 0.783. The van der Waals surface area contributed by atoms with Gasteiger partial charge in [-0.3, -0.25) is 0 Å². The van der Waals surface area contributed by atoms with E-state index in [9.17, 15) is 0 Å². The molecule has 1 rings (SSSR count). The van der Waals surface area contributed by atoms with Gasteiger partial charge in [-0.15, -0.1) is 24.8 Å². The highest BCUT2D eigenvalue weighted by atomic mass is 35.5. The largest absolute Gasteiger partial charge is 0.383 e. The maximum atomic E-state index is 5.25. The van der Waals surface area contributed by atoms with Crippen molar-refractivity contribution in [3.63, 3.8) is 0 Å². The number of hydrogen-bond acceptors (Lipinski definition) is 5. The average Bonchev–Trinajstić information content (AvgIpc) is 1.59. The van der Waals surface area contributed by atoms with Gasteiger partial charge in [0.2, 0.25) is 5.95 Å². The predicted octanol–water partition coefficient (Wildman–Crippen LogP) is 0.0668. The SMILES string of the molecule is Cl.Cl.Nc1cc(N)nc(N)n1. The lowest BCUT2D eigenvalue weighted by Crippen LogP contribution is -2.01. The molecular formula is C4H9Cl2N5. The van der Waals surface area contributed by atoms with E-state index in [4.69, 9.17) is 17.2 Å². The molecule has 1 aromatic rings. The monoisotopic (exact) mass is 197 g/mol. The van der Waals surface area contributed by atoms with Crippen LogP contribution in [-0.4, -0.2) is 9.97 Å². The first-order valence-corrected chi connectivity index (χ1v) is 2.34. The highest BCUT2D eigenvalue weighted by Gasteiger charge is 1.92. The Labute approximate surface area is 76.2 Å². The molecule has 64 valence electrons. The molecule has 0 amide bonds. The number of rotatable bonds is 0. The fraction of sp³-hybridized carbons (Fsp3) is 0. The van der Waals surface area contributed by atoms with Gasteiger partial charge in [-0.2, -0.15) is 9.97 Å². The van der Waals surface area contributed by atoms with Gasteiger partial charge in [0.05, 0.1) is 0 Å². The second-order valence-electron chi connectivity index (χ2n) is 1.58. The van der Waals surface area contributed by atoms with Crippen LogP contribution < -0.4 is 17.2 Å². The van der Waals surface area contributed by atoms with Crippen molar-refractivity contribution in [1.82, 2.24) is 9.97 Å². The molecule has 1 heterocycles. The van der Waals surface area contributed by atoms with Crippen LogP contribution in [0.15, 0.2) is 6.07 Å². The van der Waals surface area contributed by atoms with E-state index in [1.807, 2.05) is 0 Å². The topological polar surface area (TPSA) is 104 Å². The van der Waals surface area contributed by atoms with Crippen LogP contribution in [0.2, 0.25) is 0 Å². The smallest absolute Gasteiger partial charge is 0.223 e. The molecule has 0 atom stereocenters. The van der Waals surface area contributed by atoms with Crippen molar-refractivity contribution in [1.29, 1.82) is 0 Å². The summed E-state index contributed by atoms with van der Waals surface area (Å²) in [5, 5.41) is 0. The Kier molecular flexibility index (Phi) is 5.56. The lowest BCUT2D eigenvalue weighted by Gasteiger charge is -1.94. The van der Waals surface area contributed by atoms with Crippen LogP contribution in [0.3, 0.4) is 0 Å². The summed E-state index contributed by atoms with van der Waals surface area (Å²) in [6.45, 7) is 0. The quantitative estimate of drug-likeness (QED) is 0.547. The molecule has 0 radical (unpaired) electrons. The van der Waals surface area contributed by atoms with Gasteiger partial charge in [-0.05, 0) is 0 Å². The Hall–Kier alpha value is -0.940. The molecule has 0 aliphatic carbocycles. The summed E-state index contributed by atoms with van der Waals surface area (Å²) >= 11 is 0.